The van der Waals surface area contributed by atoms with Crippen molar-refractivity contribution in [3.05, 3.63) is 95.6 Å². The number of methoxy groups -OCH3 is 2. The number of ether oxygens (including phenoxy) is 4. The molecule has 1 aliphatic heterocycles. The van der Waals surface area contributed by atoms with E-state index in [-0.39, 0.29) is 17.8 Å². The van der Waals surface area contributed by atoms with Crippen molar-refractivity contribution >= 4 is 7.85 Å². The Morgan fingerprint density at radius 1 is 0.688 bits per heavy atom. The van der Waals surface area contributed by atoms with Crippen molar-refractivity contribution in [3.8, 4) is 11.5 Å². The molecule has 0 aliphatic carbocycles. The quantitative estimate of drug-likeness (QED) is 0.386. The van der Waals surface area contributed by atoms with E-state index in [2.05, 4.69) is 26.0 Å². The van der Waals surface area contributed by atoms with Gasteiger partial charge in [-0.2, -0.15) is 0 Å². The number of hydrogen-bond donors (Lipinski definition) is 0. The fraction of sp³-hybridized carbons (Fsp3) is 0.333. The van der Waals surface area contributed by atoms with Gasteiger partial charge in [-0.25, -0.2) is 0 Å². The lowest BCUT2D eigenvalue weighted by molar-refractivity contribution is -0.185. The largest absolute Gasteiger partial charge is 0.497 e. The van der Waals surface area contributed by atoms with Crippen LogP contribution in [-0.4, -0.2) is 34.4 Å². The van der Waals surface area contributed by atoms with Crippen molar-refractivity contribution in [1.29, 1.82) is 0 Å². The molecule has 2 unspecified atom stereocenters. The molecule has 0 N–H and O–H groups in total. The van der Waals surface area contributed by atoms with E-state index in [0.29, 0.717) is 0 Å². The molecule has 0 saturated carbocycles. The summed E-state index contributed by atoms with van der Waals surface area (Å²) < 4.78 is 23.9. The second kappa shape index (κ2) is 9.39. The van der Waals surface area contributed by atoms with Crippen LogP contribution in [0.1, 0.15) is 30.5 Å². The second-order valence-electron chi connectivity index (χ2n) is 8.31. The fourth-order valence-electron chi connectivity index (χ4n) is 4.29. The maximum atomic E-state index is 6.97. The minimum atomic E-state index is -0.914. The molecule has 0 aromatic heterocycles. The Labute approximate surface area is 191 Å². The molecule has 1 saturated heterocycles. The molecular formula is C27H29BO4. The van der Waals surface area contributed by atoms with Crippen LogP contribution in [0.3, 0.4) is 0 Å². The lowest BCUT2D eigenvalue weighted by Gasteiger charge is -2.39. The first-order valence-electron chi connectivity index (χ1n) is 10.9. The van der Waals surface area contributed by atoms with Gasteiger partial charge in [0.15, 0.2) is 6.29 Å². The van der Waals surface area contributed by atoms with Crippen molar-refractivity contribution in [2.24, 2.45) is 11.8 Å². The van der Waals surface area contributed by atoms with Crippen LogP contribution < -0.4 is 9.47 Å². The SMILES string of the molecule is [B][C@H]1O[C@H](OC(c2ccccc2)(c2ccc(OC)cc2)c2ccc(OC)cc2)C(C)C1C. The molecule has 1 heterocycles. The monoisotopic (exact) mass is 428 g/mol. The minimum absolute atomic E-state index is 0.129. The van der Waals surface area contributed by atoms with E-state index in [1.807, 2.05) is 66.7 Å². The lowest BCUT2D eigenvalue weighted by Crippen LogP contribution is -2.39. The maximum Gasteiger partial charge on any atom is 0.161 e. The van der Waals surface area contributed by atoms with Gasteiger partial charge in [0.2, 0.25) is 0 Å². The molecule has 0 bridgehead atoms. The van der Waals surface area contributed by atoms with Gasteiger partial charge < -0.3 is 18.9 Å². The van der Waals surface area contributed by atoms with Gasteiger partial charge in [-0.3, -0.25) is 0 Å². The molecule has 4 nitrogen and oxygen atoms in total. The molecule has 3 aromatic rings. The average molecular weight is 428 g/mol. The van der Waals surface area contributed by atoms with Crippen molar-refractivity contribution in [3.63, 3.8) is 0 Å². The van der Waals surface area contributed by atoms with E-state index in [0.717, 1.165) is 28.2 Å². The molecule has 2 radical (unpaired) electrons. The Bertz CT molecular complexity index is 957. The Balaban J connectivity index is 1.92. The number of hydrogen-bond acceptors (Lipinski definition) is 4. The van der Waals surface area contributed by atoms with E-state index in [4.69, 9.17) is 26.8 Å². The fourth-order valence-corrected chi connectivity index (χ4v) is 4.29. The molecule has 1 fully saturated rings. The molecule has 3 aromatic carbocycles. The second-order valence-corrected chi connectivity index (χ2v) is 8.31. The topological polar surface area (TPSA) is 36.9 Å². The summed E-state index contributed by atoms with van der Waals surface area (Å²) >= 11 is 0. The predicted octanol–water partition coefficient (Wildman–Crippen LogP) is 5.14. The highest BCUT2D eigenvalue weighted by molar-refractivity contribution is 6.11. The highest BCUT2D eigenvalue weighted by Gasteiger charge is 2.45. The third-order valence-electron chi connectivity index (χ3n) is 6.53. The highest BCUT2D eigenvalue weighted by Crippen LogP contribution is 2.45. The van der Waals surface area contributed by atoms with Crippen LogP contribution in [0.2, 0.25) is 0 Å². The zero-order valence-corrected chi connectivity index (χ0v) is 19.0. The van der Waals surface area contributed by atoms with Crippen LogP contribution >= 0.6 is 0 Å². The molecule has 4 rings (SSSR count). The molecule has 1 aliphatic rings. The van der Waals surface area contributed by atoms with Crippen LogP contribution in [0.15, 0.2) is 78.9 Å². The van der Waals surface area contributed by atoms with Crippen molar-refractivity contribution < 1.29 is 18.9 Å². The van der Waals surface area contributed by atoms with Gasteiger partial charge in [-0.15, -0.1) is 0 Å². The Morgan fingerprint density at radius 3 is 1.56 bits per heavy atom. The van der Waals surface area contributed by atoms with E-state index in [9.17, 15) is 0 Å². The first-order valence-corrected chi connectivity index (χ1v) is 10.9. The highest BCUT2D eigenvalue weighted by atomic mass is 16.7. The molecule has 5 heteroatoms. The molecular weight excluding hydrogens is 399 g/mol. The zero-order chi connectivity index (χ0) is 22.7. The van der Waals surface area contributed by atoms with Crippen LogP contribution in [0.4, 0.5) is 0 Å². The Kier molecular flexibility index (Phi) is 6.59. The summed E-state index contributed by atoms with van der Waals surface area (Å²) in [4.78, 5) is 0. The van der Waals surface area contributed by atoms with E-state index in [1.54, 1.807) is 14.2 Å². The minimum Gasteiger partial charge on any atom is -0.497 e. The van der Waals surface area contributed by atoms with Crippen molar-refractivity contribution in [2.75, 3.05) is 14.2 Å². The van der Waals surface area contributed by atoms with Gasteiger partial charge in [0.1, 0.15) is 24.9 Å². The van der Waals surface area contributed by atoms with E-state index >= 15 is 0 Å². The van der Waals surface area contributed by atoms with Crippen molar-refractivity contribution in [1.82, 2.24) is 0 Å². The zero-order valence-electron chi connectivity index (χ0n) is 19.0. The summed E-state index contributed by atoms with van der Waals surface area (Å²) in [6.07, 6.45) is -0.468. The first-order chi connectivity index (χ1) is 15.5. The summed E-state index contributed by atoms with van der Waals surface area (Å²) in [5, 5.41) is 0. The summed E-state index contributed by atoms with van der Waals surface area (Å²) in [6.45, 7) is 4.23. The van der Waals surface area contributed by atoms with Gasteiger partial charge >= 0.3 is 0 Å². The summed E-state index contributed by atoms with van der Waals surface area (Å²) in [5.74, 6) is 1.88. The first kappa shape index (κ1) is 22.4. The van der Waals surface area contributed by atoms with E-state index < -0.39 is 11.9 Å². The molecule has 164 valence electrons. The van der Waals surface area contributed by atoms with Crippen LogP contribution in [0.25, 0.3) is 0 Å². The molecule has 0 spiro atoms. The van der Waals surface area contributed by atoms with Gasteiger partial charge in [0, 0.05) is 11.9 Å². The predicted molar refractivity (Wildman–Crippen MR) is 126 cm³/mol. The standard InChI is InChI=1S/C27H29BO4/c1-18-19(2)26(31-25(18)28)32-27(20-8-6-5-7-9-20,21-10-14-23(29-3)15-11-21)22-12-16-24(30-4)17-13-22/h5-19,25-26H,1-4H3/t18?,19?,25-,26+/m0/s1. The number of benzene rings is 3. The van der Waals surface area contributed by atoms with Crippen LogP contribution in [0, 0.1) is 11.8 Å². The summed E-state index contributed by atoms with van der Waals surface area (Å²) in [5.41, 5.74) is 2.03. The van der Waals surface area contributed by atoms with Crippen molar-refractivity contribution in [2.45, 2.75) is 31.7 Å². The summed E-state index contributed by atoms with van der Waals surface area (Å²) in [7, 11) is 9.56. The number of rotatable bonds is 7. The average Bonchev–Trinajstić information content (AvgIpc) is 3.09. The van der Waals surface area contributed by atoms with Gasteiger partial charge in [0.05, 0.1) is 14.2 Å². The molecule has 32 heavy (non-hydrogen) atoms. The van der Waals surface area contributed by atoms with Gasteiger partial charge in [-0.1, -0.05) is 68.4 Å². The van der Waals surface area contributed by atoms with Crippen LogP contribution in [0.5, 0.6) is 11.5 Å². The third-order valence-corrected chi connectivity index (χ3v) is 6.53. The van der Waals surface area contributed by atoms with Gasteiger partial charge in [0.25, 0.3) is 0 Å². The van der Waals surface area contributed by atoms with E-state index in [1.165, 1.54) is 0 Å². The Hall–Kier alpha value is -2.76. The normalized spacial score (nSPS) is 23.1. The molecule has 4 atom stereocenters. The van der Waals surface area contributed by atoms with Crippen LogP contribution in [-0.2, 0) is 15.1 Å². The maximum absolute atomic E-state index is 6.97. The third kappa shape index (κ3) is 4.03. The molecule has 0 amide bonds. The van der Waals surface area contributed by atoms with Gasteiger partial charge in [-0.05, 0) is 46.9 Å². The Morgan fingerprint density at radius 2 is 1.16 bits per heavy atom. The summed E-state index contributed by atoms with van der Waals surface area (Å²) in [6, 6.07) is 25.8. The lowest BCUT2D eigenvalue weighted by atomic mass is 9.79. The smallest absolute Gasteiger partial charge is 0.161 e.